The maximum Gasteiger partial charge on any atom is 0.342 e. The molecule has 0 saturated carbocycles. The Hall–Kier alpha value is -1.82. The predicted molar refractivity (Wildman–Crippen MR) is 73.7 cm³/mol. The number of ether oxygens (including phenoxy) is 2. The van der Waals surface area contributed by atoms with Crippen LogP contribution in [0.4, 0.5) is 5.69 Å². The first-order valence-corrected chi connectivity index (χ1v) is 6.91. The molecule has 0 aliphatic carbocycles. The lowest BCUT2D eigenvalue weighted by atomic mass is 10.1. The zero-order valence-corrected chi connectivity index (χ0v) is 11.8. The molecule has 0 radical (unpaired) electrons. The first kappa shape index (κ1) is 14.6. The molecule has 1 fully saturated rings. The first-order chi connectivity index (χ1) is 9.63. The maximum absolute atomic E-state index is 12.1. The highest BCUT2D eigenvalue weighted by atomic mass is 16.5. The van der Waals surface area contributed by atoms with E-state index in [0.717, 1.165) is 12.8 Å². The van der Waals surface area contributed by atoms with E-state index in [2.05, 4.69) is 10.3 Å². The highest BCUT2D eigenvalue weighted by Crippen LogP contribution is 2.22. The number of aryl methyl sites for hydroxylation is 1. The van der Waals surface area contributed by atoms with Gasteiger partial charge in [0.15, 0.2) is 0 Å². The topological polar surface area (TPSA) is 80.4 Å². The first-order valence-electron chi connectivity index (χ1n) is 6.91. The number of esters is 1. The molecule has 1 saturated heterocycles. The zero-order valence-electron chi connectivity index (χ0n) is 11.8. The minimum atomic E-state index is -0.439. The number of hydrogen-bond acceptors (Lipinski definition) is 4. The Morgan fingerprint density at radius 1 is 1.50 bits per heavy atom. The quantitative estimate of drug-likeness (QED) is 0.827. The number of anilines is 1. The molecule has 110 valence electrons. The SMILES string of the molecule is CCOC(=O)c1c(NC(=O)C2CCCCO2)c[nH]c1C. The number of rotatable bonds is 4. The average molecular weight is 280 g/mol. The van der Waals surface area contributed by atoms with Crippen molar-refractivity contribution in [3.63, 3.8) is 0 Å². The van der Waals surface area contributed by atoms with Gasteiger partial charge in [0.25, 0.3) is 5.91 Å². The molecule has 20 heavy (non-hydrogen) atoms. The Bertz CT molecular complexity index is 489. The van der Waals surface area contributed by atoms with Gasteiger partial charge >= 0.3 is 5.97 Å². The summed E-state index contributed by atoms with van der Waals surface area (Å²) >= 11 is 0. The van der Waals surface area contributed by atoms with Crippen LogP contribution in [0.15, 0.2) is 6.20 Å². The number of hydrogen-bond donors (Lipinski definition) is 2. The van der Waals surface area contributed by atoms with Crippen LogP contribution in [-0.2, 0) is 14.3 Å². The number of carbonyl (C=O) groups is 2. The van der Waals surface area contributed by atoms with Gasteiger partial charge < -0.3 is 19.8 Å². The Kier molecular flexibility index (Phi) is 4.79. The Balaban J connectivity index is 2.09. The molecular formula is C14H20N2O4. The Morgan fingerprint density at radius 2 is 2.30 bits per heavy atom. The van der Waals surface area contributed by atoms with Crippen molar-refractivity contribution in [3.8, 4) is 0 Å². The van der Waals surface area contributed by atoms with Gasteiger partial charge in [0.1, 0.15) is 11.7 Å². The summed E-state index contributed by atoms with van der Waals surface area (Å²) in [6.07, 6.45) is 3.84. The molecule has 0 spiro atoms. The number of carbonyl (C=O) groups excluding carboxylic acids is 2. The van der Waals surface area contributed by atoms with Crippen molar-refractivity contribution in [1.82, 2.24) is 4.98 Å². The van der Waals surface area contributed by atoms with E-state index in [9.17, 15) is 9.59 Å². The fourth-order valence-corrected chi connectivity index (χ4v) is 2.25. The van der Waals surface area contributed by atoms with E-state index >= 15 is 0 Å². The third-order valence-corrected chi connectivity index (χ3v) is 3.29. The molecule has 2 rings (SSSR count). The molecule has 6 heteroatoms. The molecule has 0 bridgehead atoms. The van der Waals surface area contributed by atoms with Crippen LogP contribution in [0.5, 0.6) is 0 Å². The van der Waals surface area contributed by atoms with E-state index in [1.54, 1.807) is 20.0 Å². The number of H-pyrrole nitrogens is 1. The zero-order chi connectivity index (χ0) is 14.5. The minimum absolute atomic E-state index is 0.214. The van der Waals surface area contributed by atoms with Crippen LogP contribution in [0, 0.1) is 6.92 Å². The molecule has 2 heterocycles. The minimum Gasteiger partial charge on any atom is -0.462 e. The van der Waals surface area contributed by atoms with Gasteiger partial charge in [0.2, 0.25) is 0 Å². The van der Waals surface area contributed by atoms with Gasteiger partial charge in [-0.25, -0.2) is 4.79 Å². The lowest BCUT2D eigenvalue weighted by Gasteiger charge is -2.21. The second-order valence-electron chi connectivity index (χ2n) is 4.77. The fraction of sp³-hybridized carbons (Fsp3) is 0.571. The third-order valence-electron chi connectivity index (χ3n) is 3.29. The second-order valence-corrected chi connectivity index (χ2v) is 4.77. The van der Waals surface area contributed by atoms with Gasteiger partial charge in [-0.3, -0.25) is 4.79 Å². The highest BCUT2D eigenvalue weighted by molar-refractivity contribution is 6.03. The van der Waals surface area contributed by atoms with Crippen molar-refractivity contribution in [3.05, 3.63) is 17.5 Å². The summed E-state index contributed by atoms with van der Waals surface area (Å²) in [5.74, 6) is -0.652. The van der Waals surface area contributed by atoms with Crippen molar-refractivity contribution in [1.29, 1.82) is 0 Å². The van der Waals surface area contributed by atoms with E-state index in [1.165, 1.54) is 0 Å². The summed E-state index contributed by atoms with van der Waals surface area (Å²) in [4.78, 5) is 26.9. The van der Waals surface area contributed by atoms with Crippen LogP contribution in [0.1, 0.15) is 42.2 Å². The van der Waals surface area contributed by atoms with Crippen LogP contribution in [0.25, 0.3) is 0 Å². The van der Waals surface area contributed by atoms with Crippen LogP contribution in [-0.4, -0.2) is 36.2 Å². The molecule has 1 atom stereocenters. The van der Waals surface area contributed by atoms with E-state index in [4.69, 9.17) is 9.47 Å². The molecule has 1 aliphatic rings. The van der Waals surface area contributed by atoms with Gasteiger partial charge in [-0.1, -0.05) is 0 Å². The molecule has 1 aromatic rings. The summed E-state index contributed by atoms with van der Waals surface area (Å²) in [6.45, 7) is 4.41. The monoisotopic (exact) mass is 280 g/mol. The number of amides is 1. The number of aromatic nitrogens is 1. The standard InChI is InChI=1S/C14H20N2O4/c1-3-19-14(18)12-9(2)15-8-10(12)16-13(17)11-6-4-5-7-20-11/h8,11,15H,3-7H2,1-2H3,(H,16,17). The molecule has 1 aliphatic heterocycles. The van der Waals surface area contributed by atoms with Crippen molar-refractivity contribution >= 4 is 17.6 Å². The third kappa shape index (κ3) is 3.19. The molecule has 1 unspecified atom stereocenters. The smallest absolute Gasteiger partial charge is 0.342 e. The summed E-state index contributed by atoms with van der Waals surface area (Å²) in [6, 6.07) is 0. The van der Waals surface area contributed by atoms with E-state index < -0.39 is 12.1 Å². The van der Waals surface area contributed by atoms with Gasteiger partial charge in [-0.05, 0) is 33.1 Å². The van der Waals surface area contributed by atoms with Crippen LogP contribution in [0.2, 0.25) is 0 Å². The second kappa shape index (κ2) is 6.56. The van der Waals surface area contributed by atoms with Gasteiger partial charge in [0.05, 0.1) is 12.3 Å². The molecular weight excluding hydrogens is 260 g/mol. The van der Waals surface area contributed by atoms with E-state index in [0.29, 0.717) is 36.6 Å². The fourth-order valence-electron chi connectivity index (χ4n) is 2.25. The predicted octanol–water partition coefficient (Wildman–Crippen LogP) is 2.01. The summed E-state index contributed by atoms with van der Waals surface area (Å²) in [7, 11) is 0. The molecule has 6 nitrogen and oxygen atoms in total. The lowest BCUT2D eigenvalue weighted by Crippen LogP contribution is -2.33. The summed E-state index contributed by atoms with van der Waals surface area (Å²) in [5.41, 5.74) is 1.49. The maximum atomic E-state index is 12.1. The van der Waals surface area contributed by atoms with Crippen LogP contribution in [0.3, 0.4) is 0 Å². The van der Waals surface area contributed by atoms with Crippen LogP contribution >= 0.6 is 0 Å². The van der Waals surface area contributed by atoms with Gasteiger partial charge in [-0.15, -0.1) is 0 Å². The van der Waals surface area contributed by atoms with Crippen molar-refractivity contribution < 1.29 is 19.1 Å². The highest BCUT2D eigenvalue weighted by Gasteiger charge is 2.25. The largest absolute Gasteiger partial charge is 0.462 e. The van der Waals surface area contributed by atoms with E-state index in [-0.39, 0.29) is 5.91 Å². The van der Waals surface area contributed by atoms with Crippen LogP contribution < -0.4 is 5.32 Å². The van der Waals surface area contributed by atoms with Crippen molar-refractivity contribution in [2.75, 3.05) is 18.5 Å². The summed E-state index contributed by atoms with van der Waals surface area (Å²) < 4.78 is 10.4. The molecule has 0 aromatic carbocycles. The van der Waals surface area contributed by atoms with Crippen molar-refractivity contribution in [2.24, 2.45) is 0 Å². The van der Waals surface area contributed by atoms with Crippen molar-refractivity contribution in [2.45, 2.75) is 39.2 Å². The average Bonchev–Trinajstić information content (AvgIpc) is 2.81. The Morgan fingerprint density at radius 3 is 2.95 bits per heavy atom. The number of aromatic amines is 1. The molecule has 1 amide bonds. The van der Waals surface area contributed by atoms with Gasteiger partial charge in [0, 0.05) is 18.5 Å². The summed E-state index contributed by atoms with van der Waals surface area (Å²) in [5, 5.41) is 2.74. The van der Waals surface area contributed by atoms with E-state index in [1.807, 2.05) is 0 Å². The normalized spacial score (nSPS) is 18.6. The Labute approximate surface area is 117 Å². The van der Waals surface area contributed by atoms with Gasteiger partial charge in [-0.2, -0.15) is 0 Å². The molecule has 2 N–H and O–H groups in total. The lowest BCUT2D eigenvalue weighted by molar-refractivity contribution is -0.129. The molecule has 1 aromatic heterocycles. The number of nitrogens with one attached hydrogen (secondary N) is 2.